The van der Waals surface area contributed by atoms with Crippen molar-refractivity contribution in [2.75, 3.05) is 5.32 Å². The lowest BCUT2D eigenvalue weighted by atomic mass is 10.1. The third-order valence-electron chi connectivity index (χ3n) is 4.65. The van der Waals surface area contributed by atoms with Crippen LogP contribution in [0.5, 0.6) is 0 Å². The number of aromatic nitrogens is 1. The normalized spacial score (nSPS) is 10.9. The Bertz CT molecular complexity index is 1230. The van der Waals surface area contributed by atoms with E-state index >= 15 is 0 Å². The van der Waals surface area contributed by atoms with E-state index in [-0.39, 0.29) is 23.4 Å². The number of benzene rings is 3. The fraction of sp³-hybridized carbons (Fsp3) is 0.0455. The largest absolute Gasteiger partial charge is 0.366 e. The number of nitrogens with zero attached hydrogens (tertiary/aromatic N) is 1. The minimum Gasteiger partial charge on any atom is -0.366 e. The highest BCUT2D eigenvalue weighted by Gasteiger charge is 2.14. The number of pyridine rings is 1. The SMILES string of the molecule is NC(=O)c1ccccc1NC(=O)Cn1c2ccccc2c(=O)c2ccccc21. The molecule has 0 spiro atoms. The molecule has 138 valence electrons. The summed E-state index contributed by atoms with van der Waals surface area (Å²) in [5.74, 6) is -0.942. The number of anilines is 1. The lowest BCUT2D eigenvalue weighted by Gasteiger charge is -2.15. The molecule has 4 aromatic rings. The number of nitrogens with two attached hydrogens (primary N) is 1. The van der Waals surface area contributed by atoms with Crippen LogP contribution in [0.25, 0.3) is 21.8 Å². The Morgan fingerprint density at radius 1 is 0.821 bits per heavy atom. The Balaban J connectivity index is 1.79. The molecule has 0 radical (unpaired) electrons. The molecule has 0 aliphatic rings. The van der Waals surface area contributed by atoms with Crippen molar-refractivity contribution in [1.82, 2.24) is 4.57 Å². The third kappa shape index (κ3) is 3.01. The highest BCUT2D eigenvalue weighted by Crippen LogP contribution is 2.20. The van der Waals surface area contributed by atoms with Crippen molar-refractivity contribution in [2.45, 2.75) is 6.54 Å². The average Bonchev–Trinajstić information content (AvgIpc) is 2.71. The van der Waals surface area contributed by atoms with Gasteiger partial charge in [-0.25, -0.2) is 0 Å². The average molecular weight is 371 g/mol. The van der Waals surface area contributed by atoms with Gasteiger partial charge in [-0.05, 0) is 36.4 Å². The van der Waals surface area contributed by atoms with Gasteiger partial charge in [0.2, 0.25) is 5.91 Å². The monoisotopic (exact) mass is 371 g/mol. The first kappa shape index (κ1) is 17.5. The summed E-state index contributed by atoms with van der Waals surface area (Å²) in [6.07, 6.45) is 0. The van der Waals surface area contributed by atoms with Gasteiger partial charge in [0.1, 0.15) is 6.54 Å². The molecule has 3 aromatic carbocycles. The van der Waals surface area contributed by atoms with Crippen molar-refractivity contribution in [3.63, 3.8) is 0 Å². The van der Waals surface area contributed by atoms with E-state index in [1.807, 2.05) is 24.3 Å². The number of rotatable bonds is 4. The summed E-state index contributed by atoms with van der Waals surface area (Å²) in [7, 11) is 0. The fourth-order valence-corrected chi connectivity index (χ4v) is 3.39. The van der Waals surface area contributed by atoms with E-state index < -0.39 is 5.91 Å². The van der Waals surface area contributed by atoms with Crippen molar-refractivity contribution >= 4 is 39.3 Å². The van der Waals surface area contributed by atoms with Crippen molar-refractivity contribution in [1.29, 1.82) is 0 Å². The smallest absolute Gasteiger partial charge is 0.250 e. The maximum absolute atomic E-state index is 12.8. The molecule has 1 heterocycles. The molecule has 3 N–H and O–H groups in total. The van der Waals surface area contributed by atoms with Crippen molar-refractivity contribution in [3.8, 4) is 0 Å². The number of hydrogen-bond acceptors (Lipinski definition) is 3. The van der Waals surface area contributed by atoms with Gasteiger partial charge in [-0.15, -0.1) is 0 Å². The molecule has 0 saturated carbocycles. The van der Waals surface area contributed by atoms with E-state index in [2.05, 4.69) is 5.32 Å². The van der Waals surface area contributed by atoms with E-state index in [1.54, 1.807) is 53.1 Å². The van der Waals surface area contributed by atoms with E-state index in [0.29, 0.717) is 27.5 Å². The number of fused-ring (bicyclic) bond motifs is 2. The summed E-state index contributed by atoms with van der Waals surface area (Å²) in [6.45, 7) is -0.0194. The first-order chi connectivity index (χ1) is 13.6. The zero-order valence-electron chi connectivity index (χ0n) is 14.9. The Hall–Kier alpha value is -3.93. The Labute approximate surface area is 160 Å². The summed E-state index contributed by atoms with van der Waals surface area (Å²) >= 11 is 0. The van der Waals surface area contributed by atoms with Crippen molar-refractivity contribution in [2.24, 2.45) is 5.73 Å². The second kappa shape index (κ2) is 7.00. The van der Waals surface area contributed by atoms with Crippen molar-refractivity contribution < 1.29 is 9.59 Å². The van der Waals surface area contributed by atoms with Crippen LogP contribution in [0.1, 0.15) is 10.4 Å². The van der Waals surface area contributed by atoms with Gasteiger partial charge in [0.05, 0.1) is 22.3 Å². The number of hydrogen-bond donors (Lipinski definition) is 2. The van der Waals surface area contributed by atoms with Crippen molar-refractivity contribution in [3.05, 3.63) is 88.6 Å². The second-order valence-electron chi connectivity index (χ2n) is 6.41. The lowest BCUT2D eigenvalue weighted by Crippen LogP contribution is -2.23. The number of amides is 2. The zero-order chi connectivity index (χ0) is 19.7. The predicted octanol–water partition coefficient (Wildman–Crippen LogP) is 2.89. The van der Waals surface area contributed by atoms with Crippen LogP contribution in [0.3, 0.4) is 0 Å². The molecule has 0 saturated heterocycles. The van der Waals surface area contributed by atoms with Crippen LogP contribution in [-0.2, 0) is 11.3 Å². The van der Waals surface area contributed by atoms with Gasteiger partial charge in [-0.1, -0.05) is 36.4 Å². The zero-order valence-corrected chi connectivity index (χ0v) is 14.9. The minimum atomic E-state index is -0.616. The van der Waals surface area contributed by atoms with E-state index in [4.69, 9.17) is 5.73 Å². The molecule has 6 heteroatoms. The topological polar surface area (TPSA) is 94.2 Å². The molecule has 2 amide bonds. The molecule has 0 unspecified atom stereocenters. The molecule has 1 aromatic heterocycles. The molecule has 0 atom stereocenters. The van der Waals surface area contributed by atoms with Gasteiger partial charge in [0.25, 0.3) is 5.91 Å². The second-order valence-corrected chi connectivity index (χ2v) is 6.41. The molecular formula is C22H17N3O3. The fourth-order valence-electron chi connectivity index (χ4n) is 3.39. The van der Waals surface area contributed by atoms with Crippen LogP contribution >= 0.6 is 0 Å². The highest BCUT2D eigenvalue weighted by atomic mass is 16.2. The number of primary amides is 1. The van der Waals surface area contributed by atoms with Crippen LogP contribution in [0.2, 0.25) is 0 Å². The number of carbonyl (C=O) groups excluding carboxylic acids is 2. The maximum Gasteiger partial charge on any atom is 0.250 e. The minimum absolute atomic E-state index is 0.0194. The predicted molar refractivity (Wildman–Crippen MR) is 109 cm³/mol. The summed E-state index contributed by atoms with van der Waals surface area (Å²) < 4.78 is 1.80. The quantitative estimate of drug-likeness (QED) is 0.540. The van der Waals surface area contributed by atoms with Gasteiger partial charge in [-0.3, -0.25) is 14.4 Å². The van der Waals surface area contributed by atoms with Gasteiger partial charge < -0.3 is 15.6 Å². The summed E-state index contributed by atoms with van der Waals surface area (Å²) in [4.78, 5) is 37.1. The standard InChI is InChI=1S/C22H17N3O3/c23-22(28)14-7-1-4-10-17(14)24-20(26)13-25-18-11-5-2-8-15(18)21(27)16-9-3-6-12-19(16)25/h1-12H,13H2,(H2,23,28)(H,24,26). The lowest BCUT2D eigenvalue weighted by molar-refractivity contribution is -0.116. The molecule has 0 aliphatic carbocycles. The number of nitrogens with one attached hydrogen (secondary N) is 1. The molecule has 0 bridgehead atoms. The summed E-state index contributed by atoms with van der Waals surface area (Å²) in [5, 5.41) is 3.84. The molecular weight excluding hydrogens is 354 g/mol. The molecule has 28 heavy (non-hydrogen) atoms. The molecule has 0 fully saturated rings. The maximum atomic E-state index is 12.8. The highest BCUT2D eigenvalue weighted by molar-refractivity contribution is 6.03. The summed E-state index contributed by atoms with van der Waals surface area (Å²) in [5.41, 5.74) is 7.25. The van der Waals surface area contributed by atoms with Gasteiger partial charge in [0, 0.05) is 10.8 Å². The molecule has 0 aliphatic heterocycles. The third-order valence-corrected chi connectivity index (χ3v) is 4.65. The number of carbonyl (C=O) groups is 2. The first-order valence-electron chi connectivity index (χ1n) is 8.75. The Morgan fingerprint density at radius 3 is 1.96 bits per heavy atom. The summed E-state index contributed by atoms with van der Waals surface area (Å²) in [6, 6.07) is 21.0. The van der Waals surface area contributed by atoms with Crippen LogP contribution in [0.15, 0.2) is 77.6 Å². The van der Waals surface area contributed by atoms with E-state index in [0.717, 1.165) is 0 Å². The van der Waals surface area contributed by atoms with Crippen LogP contribution < -0.4 is 16.5 Å². The van der Waals surface area contributed by atoms with Gasteiger partial charge in [-0.2, -0.15) is 0 Å². The van der Waals surface area contributed by atoms with E-state index in [1.165, 1.54) is 0 Å². The van der Waals surface area contributed by atoms with Crippen LogP contribution in [0.4, 0.5) is 5.69 Å². The van der Waals surface area contributed by atoms with Crippen LogP contribution in [-0.4, -0.2) is 16.4 Å². The Morgan fingerprint density at radius 2 is 1.36 bits per heavy atom. The first-order valence-corrected chi connectivity index (χ1v) is 8.75. The Kier molecular flexibility index (Phi) is 4.37. The number of para-hydroxylation sites is 3. The van der Waals surface area contributed by atoms with Crippen LogP contribution in [0, 0.1) is 0 Å². The van der Waals surface area contributed by atoms with E-state index in [9.17, 15) is 14.4 Å². The van der Waals surface area contributed by atoms with Gasteiger partial charge in [0.15, 0.2) is 5.43 Å². The van der Waals surface area contributed by atoms with Gasteiger partial charge >= 0.3 is 0 Å². The molecule has 4 rings (SSSR count). The molecule has 6 nitrogen and oxygen atoms in total.